The van der Waals surface area contributed by atoms with Crippen LogP contribution in [0.15, 0.2) is 35.2 Å². The summed E-state index contributed by atoms with van der Waals surface area (Å²) in [7, 11) is 0. The summed E-state index contributed by atoms with van der Waals surface area (Å²) in [5.74, 6) is 0.0584. The summed E-state index contributed by atoms with van der Waals surface area (Å²) in [5, 5.41) is 14.3. The summed E-state index contributed by atoms with van der Waals surface area (Å²) in [6, 6.07) is 3.99. The molecule has 184 valence electrons. The van der Waals surface area contributed by atoms with E-state index >= 15 is 4.39 Å². The maximum atomic E-state index is 15.2. The molecule has 1 aromatic heterocycles. The number of fused-ring (bicyclic) bond motifs is 1. The molecule has 4 N–H and O–H groups in total. The minimum atomic E-state index is -1.01. The van der Waals surface area contributed by atoms with Crippen molar-refractivity contribution < 1.29 is 14.2 Å². The van der Waals surface area contributed by atoms with E-state index < -0.39 is 11.8 Å². The molecular formula is C24H32ClFN6O2. The van der Waals surface area contributed by atoms with Crippen LogP contribution < -0.4 is 11.1 Å². The summed E-state index contributed by atoms with van der Waals surface area (Å²) in [6.07, 6.45) is 2.74. The van der Waals surface area contributed by atoms with Crippen molar-refractivity contribution in [3.63, 3.8) is 0 Å². The molecule has 2 saturated heterocycles. The van der Waals surface area contributed by atoms with E-state index in [1.165, 1.54) is 6.20 Å². The minimum Gasteiger partial charge on any atom is -0.403 e. The molecule has 34 heavy (non-hydrogen) atoms. The lowest BCUT2D eigenvalue weighted by atomic mass is 9.86. The third kappa shape index (κ3) is 5.66. The average molecular weight is 491 g/mol. The Bertz CT molecular complexity index is 1100. The number of nitrogens with two attached hydrogens (primary N) is 1. The number of likely N-dealkylation sites (tertiary alicyclic amines) is 1. The molecular weight excluding hydrogens is 459 g/mol. The smallest absolute Gasteiger partial charge is 0.227 e. The van der Waals surface area contributed by atoms with Gasteiger partial charge in [-0.3, -0.25) is 9.89 Å². The zero-order valence-corrected chi connectivity index (χ0v) is 20.5. The molecule has 0 amide bonds. The quantitative estimate of drug-likeness (QED) is 0.511. The summed E-state index contributed by atoms with van der Waals surface area (Å²) in [4.78, 5) is 15.5. The molecule has 2 aromatic rings. The number of alkyl halides is 1. The number of nitrogens with zero attached hydrogens (tertiary/aromatic N) is 4. The minimum absolute atomic E-state index is 0.231. The molecule has 4 rings (SSSR count). The predicted molar refractivity (Wildman–Crippen MR) is 133 cm³/mol. The van der Waals surface area contributed by atoms with E-state index in [9.17, 15) is 5.11 Å². The van der Waals surface area contributed by atoms with E-state index in [1.807, 2.05) is 6.07 Å². The first-order chi connectivity index (χ1) is 16.1. The van der Waals surface area contributed by atoms with Crippen LogP contribution in [0.5, 0.6) is 0 Å². The van der Waals surface area contributed by atoms with Gasteiger partial charge in [-0.2, -0.15) is 0 Å². The van der Waals surface area contributed by atoms with Crippen LogP contribution in [0.1, 0.15) is 38.7 Å². The fourth-order valence-corrected chi connectivity index (χ4v) is 4.54. The highest BCUT2D eigenvalue weighted by atomic mass is 35.5. The van der Waals surface area contributed by atoms with Crippen molar-refractivity contribution >= 4 is 34.2 Å². The summed E-state index contributed by atoms with van der Waals surface area (Å²) in [5.41, 5.74) is 7.45. The monoisotopic (exact) mass is 490 g/mol. The van der Waals surface area contributed by atoms with Crippen LogP contribution in [-0.4, -0.2) is 76.3 Å². The molecule has 0 spiro atoms. The van der Waals surface area contributed by atoms with Gasteiger partial charge in [-0.15, -0.1) is 0 Å². The molecule has 0 bridgehead atoms. The number of aromatic nitrogens is 2. The van der Waals surface area contributed by atoms with E-state index in [2.05, 4.69) is 25.2 Å². The number of halogens is 2. The molecule has 2 fully saturated rings. The Labute approximate surface area is 204 Å². The standard InChI is InChI=1S/C24H32ClFN6O2/c1-14(29-13-24(2,3)33)22(8-27)31-23-28-9-15-6-19(25)18(7-21(15)30-23)17-4-5-32(10-20(17)26)16-11-34-12-16/h6-9,16-17,20,33H,4-5,10-13,27H2,1-3H3,(H,28,30,31)/b22-8+,29-14?. The highest BCUT2D eigenvalue weighted by molar-refractivity contribution is 6.32. The van der Waals surface area contributed by atoms with Crippen molar-refractivity contribution in [2.24, 2.45) is 10.7 Å². The zero-order chi connectivity index (χ0) is 24.5. The fourth-order valence-electron chi connectivity index (χ4n) is 4.23. The predicted octanol–water partition coefficient (Wildman–Crippen LogP) is 3.25. The Morgan fingerprint density at radius 3 is 2.82 bits per heavy atom. The summed E-state index contributed by atoms with van der Waals surface area (Å²) in [6.45, 7) is 7.96. The normalized spacial score (nSPS) is 23.2. The lowest BCUT2D eigenvalue weighted by molar-refractivity contribution is -0.0806. The van der Waals surface area contributed by atoms with Crippen molar-refractivity contribution in [3.05, 3.63) is 40.8 Å². The Kier molecular flexibility index (Phi) is 7.37. The number of aliphatic imine (C=N–C) groups is 1. The van der Waals surface area contributed by atoms with Crippen LogP contribution in [0.25, 0.3) is 10.9 Å². The van der Waals surface area contributed by atoms with Crippen LogP contribution in [0.3, 0.4) is 0 Å². The number of allylic oxidation sites excluding steroid dienone is 1. The summed E-state index contributed by atoms with van der Waals surface area (Å²) < 4.78 is 20.4. The highest BCUT2D eigenvalue weighted by Gasteiger charge is 2.36. The van der Waals surface area contributed by atoms with E-state index in [0.717, 1.165) is 17.5 Å². The number of rotatable bonds is 7. The van der Waals surface area contributed by atoms with Gasteiger partial charge in [0.15, 0.2) is 0 Å². The number of ether oxygens (including phenoxy) is 1. The van der Waals surface area contributed by atoms with E-state index in [0.29, 0.717) is 60.1 Å². The Balaban J connectivity index is 1.54. The van der Waals surface area contributed by atoms with Crippen LogP contribution in [-0.2, 0) is 4.74 Å². The van der Waals surface area contributed by atoms with Crippen LogP contribution >= 0.6 is 11.6 Å². The molecule has 0 saturated carbocycles. The second-order valence-corrected chi connectivity index (χ2v) is 10.1. The number of piperidine rings is 1. The number of hydrogen-bond donors (Lipinski definition) is 3. The number of nitrogens with one attached hydrogen (secondary N) is 1. The second kappa shape index (κ2) is 10.1. The molecule has 2 unspecified atom stereocenters. The zero-order valence-electron chi connectivity index (χ0n) is 19.8. The van der Waals surface area contributed by atoms with Crippen molar-refractivity contribution in [3.8, 4) is 0 Å². The molecule has 10 heteroatoms. The Morgan fingerprint density at radius 1 is 1.44 bits per heavy atom. The van der Waals surface area contributed by atoms with E-state index in [1.54, 1.807) is 33.0 Å². The van der Waals surface area contributed by atoms with Gasteiger partial charge >= 0.3 is 0 Å². The number of benzene rings is 1. The van der Waals surface area contributed by atoms with Crippen LogP contribution in [0.4, 0.5) is 10.3 Å². The topological polar surface area (TPSA) is 109 Å². The molecule has 0 aliphatic carbocycles. The molecule has 2 aliphatic rings. The van der Waals surface area contributed by atoms with Crippen LogP contribution in [0, 0.1) is 0 Å². The first-order valence-electron chi connectivity index (χ1n) is 11.5. The van der Waals surface area contributed by atoms with E-state index in [-0.39, 0.29) is 12.5 Å². The molecule has 1 aromatic carbocycles. The highest BCUT2D eigenvalue weighted by Crippen LogP contribution is 2.37. The van der Waals surface area contributed by atoms with Gasteiger partial charge in [0.1, 0.15) is 6.17 Å². The van der Waals surface area contributed by atoms with E-state index in [4.69, 9.17) is 22.1 Å². The number of hydrogen-bond acceptors (Lipinski definition) is 8. The third-order valence-corrected chi connectivity index (χ3v) is 6.64. The molecule has 2 atom stereocenters. The fraction of sp³-hybridized carbons (Fsp3) is 0.542. The Hall–Kier alpha value is -2.33. The van der Waals surface area contributed by atoms with Crippen molar-refractivity contribution in [2.45, 2.75) is 50.9 Å². The molecule has 0 radical (unpaired) electrons. The van der Waals surface area contributed by atoms with Gasteiger partial charge in [0.25, 0.3) is 0 Å². The van der Waals surface area contributed by atoms with Gasteiger partial charge in [-0.1, -0.05) is 11.6 Å². The summed E-state index contributed by atoms with van der Waals surface area (Å²) >= 11 is 6.57. The molecule has 2 aliphatic heterocycles. The lowest BCUT2D eigenvalue weighted by Gasteiger charge is -2.43. The second-order valence-electron chi connectivity index (χ2n) is 9.64. The lowest BCUT2D eigenvalue weighted by Crippen LogP contribution is -2.54. The van der Waals surface area contributed by atoms with Gasteiger partial charge in [0.2, 0.25) is 5.95 Å². The largest absolute Gasteiger partial charge is 0.403 e. The van der Waals surface area contributed by atoms with Crippen molar-refractivity contribution in [2.75, 3.05) is 38.2 Å². The van der Waals surface area contributed by atoms with Gasteiger partial charge in [-0.05, 0) is 51.4 Å². The third-order valence-electron chi connectivity index (χ3n) is 6.31. The Morgan fingerprint density at radius 2 is 2.21 bits per heavy atom. The van der Waals surface area contributed by atoms with Gasteiger partial charge in [0, 0.05) is 35.3 Å². The SMILES string of the molecule is CC(=NCC(C)(C)O)/C(=C\N)Nc1ncc2cc(Cl)c(C3CCN(C4COC4)CC3F)cc2n1. The van der Waals surface area contributed by atoms with Crippen molar-refractivity contribution in [1.82, 2.24) is 14.9 Å². The van der Waals surface area contributed by atoms with Gasteiger partial charge in [0.05, 0.1) is 48.3 Å². The first-order valence-corrected chi connectivity index (χ1v) is 11.9. The van der Waals surface area contributed by atoms with Crippen LogP contribution in [0.2, 0.25) is 5.02 Å². The molecule has 3 heterocycles. The number of anilines is 1. The molecule has 8 nitrogen and oxygen atoms in total. The maximum Gasteiger partial charge on any atom is 0.227 e. The average Bonchev–Trinajstić information content (AvgIpc) is 2.74. The van der Waals surface area contributed by atoms with Gasteiger partial charge < -0.3 is 20.9 Å². The van der Waals surface area contributed by atoms with Crippen molar-refractivity contribution in [1.29, 1.82) is 0 Å². The van der Waals surface area contributed by atoms with Gasteiger partial charge in [-0.25, -0.2) is 14.4 Å². The first kappa shape index (κ1) is 24.8. The maximum absolute atomic E-state index is 15.2. The number of aliphatic hydroxyl groups is 1.